The number of nitrogens with zero attached hydrogens (tertiary/aromatic N) is 1. The molecule has 0 spiro atoms. The Balaban J connectivity index is 2.82. The van der Waals surface area contributed by atoms with E-state index >= 15 is 0 Å². The lowest BCUT2D eigenvalue weighted by Crippen LogP contribution is -2.40. The first-order valence-electron chi connectivity index (χ1n) is 5.80. The fraction of sp³-hybridized carbons (Fsp3) is 0.417. The molecule has 0 aliphatic heterocycles. The van der Waals surface area contributed by atoms with Crippen LogP contribution in [0.1, 0.15) is 24.2 Å². The quantitative estimate of drug-likeness (QED) is 0.638. The van der Waals surface area contributed by atoms with Crippen LogP contribution in [0, 0.1) is 16.0 Å². The van der Waals surface area contributed by atoms with Crippen LogP contribution in [-0.2, 0) is 0 Å². The van der Waals surface area contributed by atoms with Gasteiger partial charge in [-0.1, -0.05) is 25.4 Å². The van der Waals surface area contributed by atoms with Crippen molar-refractivity contribution in [3.05, 3.63) is 38.9 Å². The number of nitrogens with one attached hydrogen (secondary N) is 1. The average molecular weight is 286 g/mol. The molecule has 0 bridgehead atoms. The summed E-state index contributed by atoms with van der Waals surface area (Å²) in [6, 6.07) is 3.55. The normalized spacial score (nSPS) is 12.3. The van der Waals surface area contributed by atoms with Gasteiger partial charge < -0.3 is 11.1 Å². The van der Waals surface area contributed by atoms with Gasteiger partial charge in [0.25, 0.3) is 11.6 Å². The summed E-state index contributed by atoms with van der Waals surface area (Å²) in [6.07, 6.45) is 0. The molecule has 0 aromatic heterocycles. The SMILES string of the molecule is CC(C)C(N)CNC(=O)c1cc([N+](=O)[O-])ccc1Cl. The summed E-state index contributed by atoms with van der Waals surface area (Å²) in [5.41, 5.74) is 5.70. The van der Waals surface area contributed by atoms with Gasteiger partial charge in [0.05, 0.1) is 15.5 Å². The molecule has 6 nitrogen and oxygen atoms in total. The van der Waals surface area contributed by atoms with Crippen LogP contribution in [0.3, 0.4) is 0 Å². The number of nitrogens with two attached hydrogens (primary N) is 1. The van der Waals surface area contributed by atoms with E-state index in [4.69, 9.17) is 17.3 Å². The number of carbonyl (C=O) groups is 1. The summed E-state index contributed by atoms with van der Waals surface area (Å²) in [6.45, 7) is 4.17. The molecule has 1 rings (SSSR count). The number of amides is 1. The van der Waals surface area contributed by atoms with Crippen LogP contribution in [0.15, 0.2) is 18.2 Å². The predicted molar refractivity (Wildman–Crippen MR) is 73.3 cm³/mol. The highest BCUT2D eigenvalue weighted by Gasteiger charge is 2.17. The maximum absolute atomic E-state index is 11.9. The van der Waals surface area contributed by atoms with Gasteiger partial charge in [-0.25, -0.2) is 0 Å². The molecule has 0 aliphatic rings. The van der Waals surface area contributed by atoms with E-state index in [1.165, 1.54) is 12.1 Å². The monoisotopic (exact) mass is 285 g/mol. The van der Waals surface area contributed by atoms with Crippen LogP contribution < -0.4 is 11.1 Å². The molecule has 0 heterocycles. The number of nitro groups is 1. The van der Waals surface area contributed by atoms with E-state index in [1.54, 1.807) is 0 Å². The van der Waals surface area contributed by atoms with E-state index in [2.05, 4.69) is 5.32 Å². The molecule has 1 unspecified atom stereocenters. The van der Waals surface area contributed by atoms with Crippen LogP contribution in [0.4, 0.5) is 5.69 Å². The highest BCUT2D eigenvalue weighted by atomic mass is 35.5. The van der Waals surface area contributed by atoms with E-state index in [0.717, 1.165) is 6.07 Å². The average Bonchev–Trinajstić information content (AvgIpc) is 2.35. The van der Waals surface area contributed by atoms with Gasteiger partial charge in [-0.3, -0.25) is 14.9 Å². The molecule has 1 atom stereocenters. The Hall–Kier alpha value is -1.66. The minimum atomic E-state index is -0.576. The molecule has 19 heavy (non-hydrogen) atoms. The zero-order valence-electron chi connectivity index (χ0n) is 10.7. The second-order valence-corrected chi connectivity index (χ2v) is 4.95. The Kier molecular flexibility index (Phi) is 5.26. The molecule has 0 saturated carbocycles. The summed E-state index contributed by atoms with van der Waals surface area (Å²) in [5.74, 6) is -0.245. The van der Waals surface area contributed by atoms with Gasteiger partial charge in [0, 0.05) is 24.7 Å². The lowest BCUT2D eigenvalue weighted by Gasteiger charge is -2.16. The highest BCUT2D eigenvalue weighted by Crippen LogP contribution is 2.21. The fourth-order valence-corrected chi connectivity index (χ4v) is 1.55. The molecule has 1 amide bonds. The molecule has 0 aliphatic carbocycles. The van der Waals surface area contributed by atoms with E-state index < -0.39 is 10.8 Å². The van der Waals surface area contributed by atoms with Crippen molar-refractivity contribution in [2.24, 2.45) is 11.7 Å². The summed E-state index contributed by atoms with van der Waals surface area (Å²) in [7, 11) is 0. The molecule has 0 saturated heterocycles. The second-order valence-electron chi connectivity index (χ2n) is 4.54. The minimum absolute atomic E-state index is 0.0758. The zero-order chi connectivity index (χ0) is 14.6. The van der Waals surface area contributed by atoms with Gasteiger partial charge >= 0.3 is 0 Å². The van der Waals surface area contributed by atoms with E-state index in [1.807, 2.05) is 13.8 Å². The molecular formula is C12H16ClN3O3. The minimum Gasteiger partial charge on any atom is -0.350 e. The first kappa shape index (κ1) is 15.4. The Bertz CT molecular complexity index is 491. The molecule has 104 valence electrons. The smallest absolute Gasteiger partial charge is 0.270 e. The molecule has 7 heteroatoms. The van der Waals surface area contributed by atoms with Crippen molar-refractivity contribution in [2.45, 2.75) is 19.9 Å². The van der Waals surface area contributed by atoms with Gasteiger partial charge in [-0.15, -0.1) is 0 Å². The number of hydrogen-bond donors (Lipinski definition) is 2. The van der Waals surface area contributed by atoms with Crippen LogP contribution in [0.25, 0.3) is 0 Å². The van der Waals surface area contributed by atoms with E-state index in [9.17, 15) is 14.9 Å². The summed E-state index contributed by atoms with van der Waals surface area (Å²) >= 11 is 5.86. The molecule has 0 radical (unpaired) electrons. The van der Waals surface area contributed by atoms with Gasteiger partial charge in [-0.05, 0) is 12.0 Å². The van der Waals surface area contributed by atoms with Crippen molar-refractivity contribution in [3.8, 4) is 0 Å². The van der Waals surface area contributed by atoms with Crippen molar-refractivity contribution < 1.29 is 9.72 Å². The number of nitro benzene ring substituents is 1. The van der Waals surface area contributed by atoms with Crippen molar-refractivity contribution in [1.29, 1.82) is 0 Å². The first-order valence-corrected chi connectivity index (χ1v) is 6.18. The molecule has 0 fully saturated rings. The van der Waals surface area contributed by atoms with Crippen LogP contribution in [0.2, 0.25) is 5.02 Å². The Morgan fingerprint density at radius 1 is 1.53 bits per heavy atom. The van der Waals surface area contributed by atoms with Gasteiger partial charge in [0.2, 0.25) is 0 Å². The molecule has 3 N–H and O–H groups in total. The van der Waals surface area contributed by atoms with Crippen molar-refractivity contribution in [3.63, 3.8) is 0 Å². The number of non-ortho nitro benzene ring substituents is 1. The predicted octanol–water partition coefficient (Wildman–Crippen LogP) is 1.96. The van der Waals surface area contributed by atoms with Crippen LogP contribution in [0.5, 0.6) is 0 Å². The maximum Gasteiger partial charge on any atom is 0.270 e. The topological polar surface area (TPSA) is 98.3 Å². The van der Waals surface area contributed by atoms with Gasteiger partial charge in [0.15, 0.2) is 0 Å². The van der Waals surface area contributed by atoms with Crippen molar-refractivity contribution in [2.75, 3.05) is 6.54 Å². The van der Waals surface area contributed by atoms with Crippen LogP contribution in [-0.4, -0.2) is 23.4 Å². The summed E-state index contributed by atoms with van der Waals surface area (Å²) in [4.78, 5) is 22.0. The maximum atomic E-state index is 11.9. The lowest BCUT2D eigenvalue weighted by atomic mass is 10.1. The Morgan fingerprint density at radius 3 is 2.68 bits per heavy atom. The Morgan fingerprint density at radius 2 is 2.16 bits per heavy atom. The first-order chi connectivity index (χ1) is 8.82. The van der Waals surface area contributed by atoms with Gasteiger partial charge in [-0.2, -0.15) is 0 Å². The number of rotatable bonds is 5. The standard InChI is InChI=1S/C12H16ClN3O3/c1-7(2)11(14)6-15-12(17)9-5-8(16(18)19)3-4-10(9)13/h3-5,7,11H,6,14H2,1-2H3,(H,15,17). The Labute approximate surface area is 116 Å². The van der Waals surface area contributed by atoms with Crippen molar-refractivity contribution in [1.82, 2.24) is 5.32 Å². The van der Waals surface area contributed by atoms with E-state index in [0.29, 0.717) is 0 Å². The number of carbonyl (C=O) groups excluding carboxylic acids is 1. The molecule has 1 aromatic carbocycles. The number of benzene rings is 1. The number of halogens is 1. The zero-order valence-corrected chi connectivity index (χ0v) is 11.5. The van der Waals surface area contributed by atoms with Gasteiger partial charge in [0.1, 0.15) is 0 Å². The lowest BCUT2D eigenvalue weighted by molar-refractivity contribution is -0.384. The molecule has 1 aromatic rings. The highest BCUT2D eigenvalue weighted by molar-refractivity contribution is 6.33. The third-order valence-electron chi connectivity index (χ3n) is 2.76. The number of hydrogen-bond acceptors (Lipinski definition) is 4. The second kappa shape index (κ2) is 6.49. The van der Waals surface area contributed by atoms with Crippen molar-refractivity contribution >= 4 is 23.2 Å². The summed E-state index contributed by atoms with van der Waals surface area (Å²) < 4.78 is 0. The molecular weight excluding hydrogens is 270 g/mol. The fourth-order valence-electron chi connectivity index (χ4n) is 1.34. The third-order valence-corrected chi connectivity index (χ3v) is 3.09. The van der Waals surface area contributed by atoms with E-state index in [-0.39, 0.29) is 34.8 Å². The van der Waals surface area contributed by atoms with Crippen LogP contribution >= 0.6 is 11.6 Å². The largest absolute Gasteiger partial charge is 0.350 e. The summed E-state index contributed by atoms with van der Waals surface area (Å²) in [5, 5.41) is 13.4. The third kappa shape index (κ3) is 4.18.